The zero-order chi connectivity index (χ0) is 24.1. The first-order chi connectivity index (χ1) is 16.2. The fourth-order valence-electron chi connectivity index (χ4n) is 5.09. The number of anilines is 2. The van der Waals surface area contributed by atoms with Gasteiger partial charge in [-0.2, -0.15) is 0 Å². The van der Waals surface area contributed by atoms with Gasteiger partial charge < -0.3 is 10.1 Å². The van der Waals surface area contributed by atoms with Crippen LogP contribution >= 0.6 is 27.5 Å². The van der Waals surface area contributed by atoms with E-state index in [0.29, 0.717) is 20.9 Å². The molecule has 0 spiro atoms. The average molecular weight is 544 g/mol. The van der Waals surface area contributed by atoms with E-state index in [1.54, 1.807) is 24.3 Å². The van der Waals surface area contributed by atoms with Gasteiger partial charge >= 0.3 is 5.97 Å². The molecule has 2 aliphatic carbocycles. The van der Waals surface area contributed by atoms with E-state index in [9.17, 15) is 19.2 Å². The molecule has 1 saturated carbocycles. The molecule has 9 heteroatoms. The third kappa shape index (κ3) is 3.84. The summed E-state index contributed by atoms with van der Waals surface area (Å²) in [4.78, 5) is 51.7. The quantitative estimate of drug-likeness (QED) is 0.340. The van der Waals surface area contributed by atoms with Crippen molar-refractivity contribution in [3.8, 4) is 0 Å². The number of nitrogens with zero attached hydrogens (tertiary/aromatic N) is 1. The summed E-state index contributed by atoms with van der Waals surface area (Å²) in [7, 11) is 0. The standard InChI is InChI=1S/C25H20BrClN2O5/c1-12-8-17(26)18(27)10-19(12)28-20(30)11-34-25(33)13-4-6-16(7-5-13)29-23(31)21-14-2-3-15(9-14)22(21)24(29)32/h2-8,10,14-15,21-22H,9,11H2,1H3,(H,28,30)/t14-,15-,21+,22+/m0/s1. The van der Waals surface area contributed by atoms with Crippen molar-refractivity contribution in [2.45, 2.75) is 13.3 Å². The van der Waals surface area contributed by atoms with Crippen LogP contribution in [-0.4, -0.2) is 30.3 Å². The molecule has 5 rings (SSSR count). The van der Waals surface area contributed by atoms with E-state index in [2.05, 4.69) is 21.2 Å². The largest absolute Gasteiger partial charge is 0.452 e. The van der Waals surface area contributed by atoms with Gasteiger partial charge in [-0.25, -0.2) is 4.79 Å². The lowest BCUT2D eigenvalue weighted by molar-refractivity contribution is -0.123. The monoisotopic (exact) mass is 542 g/mol. The molecule has 0 radical (unpaired) electrons. The Morgan fingerprint density at radius 1 is 1.09 bits per heavy atom. The number of allylic oxidation sites excluding steroid dienone is 2. The Hall–Kier alpha value is -2.97. The summed E-state index contributed by atoms with van der Waals surface area (Å²) in [6.45, 7) is 1.34. The first-order valence-corrected chi connectivity index (χ1v) is 12.0. The molecule has 174 valence electrons. The Labute approximate surface area is 209 Å². The van der Waals surface area contributed by atoms with Crippen LogP contribution in [0.5, 0.6) is 0 Å². The van der Waals surface area contributed by atoms with Gasteiger partial charge in [0.05, 0.1) is 28.1 Å². The number of ether oxygens (including phenoxy) is 1. The summed E-state index contributed by atoms with van der Waals surface area (Å²) in [5.41, 5.74) is 1.96. The molecule has 1 N–H and O–H groups in total. The molecule has 3 aliphatic rings. The maximum Gasteiger partial charge on any atom is 0.338 e. The highest BCUT2D eigenvalue weighted by Crippen LogP contribution is 2.53. The Bertz CT molecular complexity index is 1230. The van der Waals surface area contributed by atoms with Crippen molar-refractivity contribution in [3.63, 3.8) is 0 Å². The van der Waals surface area contributed by atoms with Crippen molar-refractivity contribution in [3.05, 3.63) is 69.2 Å². The zero-order valence-corrected chi connectivity index (χ0v) is 20.4. The van der Waals surface area contributed by atoms with Crippen molar-refractivity contribution >= 4 is 62.6 Å². The highest BCUT2D eigenvalue weighted by molar-refractivity contribution is 9.10. The summed E-state index contributed by atoms with van der Waals surface area (Å²) in [5, 5.41) is 3.11. The topological polar surface area (TPSA) is 92.8 Å². The molecule has 2 aromatic carbocycles. The van der Waals surface area contributed by atoms with E-state index in [1.807, 2.05) is 19.1 Å². The number of carbonyl (C=O) groups is 4. The number of amides is 3. The predicted molar refractivity (Wildman–Crippen MR) is 129 cm³/mol. The molecule has 2 fully saturated rings. The SMILES string of the molecule is Cc1cc(Br)c(Cl)cc1NC(=O)COC(=O)c1ccc(N2C(=O)[C@H]3[C@H](C2=O)[C@H]2C=C[C@H]3C2)cc1. The van der Waals surface area contributed by atoms with Crippen LogP contribution in [0.2, 0.25) is 5.02 Å². The minimum Gasteiger partial charge on any atom is -0.452 e. The highest BCUT2D eigenvalue weighted by atomic mass is 79.9. The molecule has 7 nitrogen and oxygen atoms in total. The van der Waals surface area contributed by atoms with Crippen molar-refractivity contribution in [1.29, 1.82) is 0 Å². The van der Waals surface area contributed by atoms with Crippen molar-refractivity contribution in [2.75, 3.05) is 16.8 Å². The van der Waals surface area contributed by atoms with Gasteiger partial charge in [-0.1, -0.05) is 23.8 Å². The van der Waals surface area contributed by atoms with Gasteiger partial charge in [-0.05, 0) is 83.1 Å². The van der Waals surface area contributed by atoms with Crippen molar-refractivity contribution in [2.24, 2.45) is 23.7 Å². The molecular weight excluding hydrogens is 524 g/mol. The predicted octanol–water partition coefficient (Wildman–Crippen LogP) is 4.52. The Morgan fingerprint density at radius 3 is 2.32 bits per heavy atom. The maximum atomic E-state index is 12.9. The summed E-state index contributed by atoms with van der Waals surface area (Å²) < 4.78 is 5.82. The van der Waals surface area contributed by atoms with Crippen LogP contribution in [0.25, 0.3) is 0 Å². The summed E-state index contributed by atoms with van der Waals surface area (Å²) in [6, 6.07) is 9.45. The number of carbonyl (C=O) groups excluding carboxylic acids is 4. The number of nitrogens with one attached hydrogen (secondary N) is 1. The van der Waals surface area contributed by atoms with Gasteiger partial charge in [0.1, 0.15) is 0 Å². The van der Waals surface area contributed by atoms with Crippen LogP contribution in [0.15, 0.2) is 53.0 Å². The fraction of sp³-hybridized carbons (Fsp3) is 0.280. The molecule has 0 unspecified atom stereocenters. The lowest BCUT2D eigenvalue weighted by atomic mass is 9.85. The van der Waals surface area contributed by atoms with E-state index in [-0.39, 0.29) is 41.0 Å². The number of hydrogen-bond donors (Lipinski definition) is 1. The Morgan fingerprint density at radius 2 is 1.71 bits per heavy atom. The fourth-order valence-corrected chi connectivity index (χ4v) is 5.71. The molecular formula is C25H20BrClN2O5. The molecule has 1 saturated heterocycles. The number of halogens is 2. The van der Waals surface area contributed by atoms with Crippen LogP contribution in [0.1, 0.15) is 22.3 Å². The number of benzene rings is 2. The highest BCUT2D eigenvalue weighted by Gasteiger charge is 2.59. The van der Waals surface area contributed by atoms with Gasteiger partial charge in [-0.3, -0.25) is 19.3 Å². The lowest BCUT2D eigenvalue weighted by Crippen LogP contribution is -2.32. The Balaban J connectivity index is 1.20. The number of fused-ring (bicyclic) bond motifs is 5. The first kappa shape index (κ1) is 22.8. The van der Waals surface area contributed by atoms with Crippen LogP contribution in [0.4, 0.5) is 11.4 Å². The molecule has 34 heavy (non-hydrogen) atoms. The Kier molecular flexibility index (Phi) is 5.81. The van der Waals surface area contributed by atoms with Crippen LogP contribution < -0.4 is 10.2 Å². The maximum absolute atomic E-state index is 12.9. The number of aryl methyl sites for hydroxylation is 1. The number of hydrogen-bond acceptors (Lipinski definition) is 5. The minimum absolute atomic E-state index is 0.133. The second kappa shape index (κ2) is 8.67. The summed E-state index contributed by atoms with van der Waals surface area (Å²) >= 11 is 9.39. The molecule has 2 aromatic rings. The van der Waals surface area contributed by atoms with E-state index in [1.165, 1.54) is 17.0 Å². The van der Waals surface area contributed by atoms with Gasteiger partial charge in [0.2, 0.25) is 11.8 Å². The number of esters is 1. The van der Waals surface area contributed by atoms with Crippen molar-refractivity contribution in [1.82, 2.24) is 0 Å². The zero-order valence-electron chi connectivity index (χ0n) is 18.1. The van der Waals surface area contributed by atoms with Crippen molar-refractivity contribution < 1.29 is 23.9 Å². The normalized spacial score (nSPS) is 24.5. The second-order valence-electron chi connectivity index (χ2n) is 8.76. The summed E-state index contributed by atoms with van der Waals surface area (Å²) in [5.74, 6) is -1.85. The number of imide groups is 1. The van der Waals surface area contributed by atoms with Gasteiger partial charge in [-0.15, -0.1) is 0 Å². The van der Waals surface area contributed by atoms with E-state index < -0.39 is 18.5 Å². The third-order valence-corrected chi connectivity index (χ3v) is 7.90. The van der Waals surface area contributed by atoms with Gasteiger partial charge in [0.25, 0.3) is 5.91 Å². The molecule has 3 amide bonds. The molecule has 4 atom stereocenters. The van der Waals surface area contributed by atoms with Crippen LogP contribution in [0.3, 0.4) is 0 Å². The van der Waals surface area contributed by atoms with Gasteiger partial charge in [0.15, 0.2) is 6.61 Å². The van der Waals surface area contributed by atoms with E-state index >= 15 is 0 Å². The molecule has 1 heterocycles. The lowest BCUT2D eigenvalue weighted by Gasteiger charge is -2.17. The smallest absolute Gasteiger partial charge is 0.338 e. The first-order valence-electron chi connectivity index (χ1n) is 10.8. The average Bonchev–Trinajstić information content (AvgIpc) is 3.49. The summed E-state index contributed by atoms with van der Waals surface area (Å²) in [6.07, 6.45) is 4.96. The minimum atomic E-state index is -0.689. The number of rotatable bonds is 5. The van der Waals surface area contributed by atoms with Crippen LogP contribution in [-0.2, 0) is 19.1 Å². The molecule has 1 aliphatic heterocycles. The third-order valence-electron chi connectivity index (χ3n) is 6.71. The van der Waals surface area contributed by atoms with Crippen LogP contribution in [0, 0.1) is 30.6 Å². The van der Waals surface area contributed by atoms with Gasteiger partial charge in [0, 0.05) is 10.2 Å². The van der Waals surface area contributed by atoms with E-state index in [0.717, 1.165) is 12.0 Å². The molecule has 2 bridgehead atoms. The second-order valence-corrected chi connectivity index (χ2v) is 10.0. The molecule has 0 aromatic heterocycles. The van der Waals surface area contributed by atoms with E-state index in [4.69, 9.17) is 16.3 Å².